The fraction of sp³-hybridized carbons (Fsp3) is 0.417. The van der Waals surface area contributed by atoms with Crippen molar-refractivity contribution >= 4 is 27.2 Å². The Labute approximate surface area is 102 Å². The summed E-state index contributed by atoms with van der Waals surface area (Å²) >= 11 is 5.82. The predicted molar refractivity (Wildman–Crippen MR) is 70.4 cm³/mol. The van der Waals surface area contributed by atoms with Gasteiger partial charge in [-0.15, -0.1) is 0 Å². The molecule has 88 valence electrons. The lowest BCUT2D eigenvalue weighted by Gasteiger charge is -2.29. The maximum absolute atomic E-state index is 12.6. The molecule has 2 rings (SSSR count). The smallest absolute Gasteiger partial charge is 0.0558 e. The molecule has 0 radical (unpaired) electrons. The van der Waals surface area contributed by atoms with E-state index >= 15 is 0 Å². The summed E-state index contributed by atoms with van der Waals surface area (Å²) in [6.45, 7) is 1.76. The molecule has 0 amide bonds. The van der Waals surface area contributed by atoms with Crippen molar-refractivity contribution in [2.45, 2.75) is 24.2 Å². The van der Waals surface area contributed by atoms with Gasteiger partial charge in [0.25, 0.3) is 0 Å². The van der Waals surface area contributed by atoms with Gasteiger partial charge in [0.15, 0.2) is 0 Å². The third kappa shape index (κ3) is 2.42. The first kappa shape index (κ1) is 12.0. The van der Waals surface area contributed by atoms with Gasteiger partial charge in [0, 0.05) is 23.0 Å². The molecule has 0 aromatic heterocycles. The minimum atomic E-state index is -2.30. The zero-order chi connectivity index (χ0) is 11.6. The third-order valence-corrected chi connectivity index (χ3v) is 5.37. The summed E-state index contributed by atoms with van der Waals surface area (Å²) < 4.78 is 14.6. The molecule has 1 unspecified atom stereocenters. The van der Waals surface area contributed by atoms with Gasteiger partial charge in [0.05, 0.1) is 9.71 Å². The number of halogens is 1. The van der Waals surface area contributed by atoms with Gasteiger partial charge < -0.3 is 0 Å². The molecule has 4 heteroatoms. The van der Waals surface area contributed by atoms with E-state index in [-0.39, 0.29) is 0 Å². The summed E-state index contributed by atoms with van der Waals surface area (Å²) in [7, 11) is -2.30. The maximum atomic E-state index is 12.6. The van der Waals surface area contributed by atoms with Crippen LogP contribution in [0.1, 0.15) is 19.3 Å². The molecule has 1 heterocycles. The van der Waals surface area contributed by atoms with Crippen molar-refractivity contribution < 1.29 is 4.21 Å². The Morgan fingerprint density at radius 1 is 1.12 bits per heavy atom. The Bertz CT molecular complexity index is 446. The van der Waals surface area contributed by atoms with Gasteiger partial charge in [0.1, 0.15) is 0 Å². The Hall–Kier alpha value is -0.510. The number of piperidine rings is 1. The predicted octanol–water partition coefficient (Wildman–Crippen LogP) is 2.82. The van der Waals surface area contributed by atoms with Crippen LogP contribution in [0, 0.1) is 0 Å². The molecular formula is C12H16ClNOS. The van der Waals surface area contributed by atoms with Gasteiger partial charge in [-0.05, 0) is 43.0 Å². The van der Waals surface area contributed by atoms with Crippen molar-refractivity contribution in [2.24, 2.45) is 0 Å². The molecule has 1 saturated heterocycles. The van der Waals surface area contributed by atoms with Crippen LogP contribution in [-0.4, -0.2) is 27.5 Å². The highest BCUT2D eigenvalue weighted by atomic mass is 35.5. The van der Waals surface area contributed by atoms with Crippen molar-refractivity contribution in [1.29, 1.82) is 0 Å². The van der Waals surface area contributed by atoms with E-state index in [4.69, 9.17) is 11.6 Å². The highest BCUT2D eigenvalue weighted by Gasteiger charge is 2.20. The van der Waals surface area contributed by atoms with Crippen LogP contribution < -0.4 is 0 Å². The Balaban J connectivity index is 2.27. The molecule has 1 aromatic carbocycles. The van der Waals surface area contributed by atoms with Gasteiger partial charge in [-0.1, -0.05) is 18.0 Å². The molecule has 1 aliphatic rings. The van der Waals surface area contributed by atoms with Crippen molar-refractivity contribution in [3.05, 3.63) is 29.3 Å². The minimum Gasteiger partial charge on any atom is -0.248 e. The number of rotatable bonds is 2. The number of benzene rings is 1. The zero-order valence-electron chi connectivity index (χ0n) is 9.19. The quantitative estimate of drug-likeness (QED) is 0.746. The van der Waals surface area contributed by atoms with Gasteiger partial charge in [-0.25, -0.2) is 8.51 Å². The van der Waals surface area contributed by atoms with E-state index in [2.05, 4.69) is 5.87 Å². The lowest BCUT2D eigenvalue weighted by atomic mass is 10.2. The highest BCUT2D eigenvalue weighted by Crippen LogP contribution is 2.21. The van der Waals surface area contributed by atoms with Crippen LogP contribution in [0.25, 0.3) is 0 Å². The van der Waals surface area contributed by atoms with E-state index in [9.17, 15) is 4.21 Å². The van der Waals surface area contributed by atoms with Crippen LogP contribution >= 0.6 is 11.6 Å². The number of hydrogen-bond donors (Lipinski definition) is 0. The van der Waals surface area contributed by atoms with Crippen molar-refractivity contribution in [3.8, 4) is 0 Å². The summed E-state index contributed by atoms with van der Waals surface area (Å²) in [5, 5.41) is 0.664. The normalized spacial score (nSPS) is 21.6. The van der Waals surface area contributed by atoms with Crippen LogP contribution in [0.3, 0.4) is 0 Å². The standard InChI is InChI=1S/C12H16ClNOS/c1-16(15,14-9-3-2-4-10-14)12-7-5-11(13)6-8-12/h5-8H,1-4,9-10H2. The Morgan fingerprint density at radius 2 is 1.69 bits per heavy atom. The van der Waals surface area contributed by atoms with E-state index in [1.807, 2.05) is 16.4 Å². The summed E-state index contributed by atoms with van der Waals surface area (Å²) in [6.07, 6.45) is 3.45. The zero-order valence-corrected chi connectivity index (χ0v) is 10.8. The van der Waals surface area contributed by atoms with Crippen molar-refractivity contribution in [3.63, 3.8) is 0 Å². The molecule has 0 saturated carbocycles. The van der Waals surface area contributed by atoms with E-state index in [0.717, 1.165) is 30.8 Å². The second-order valence-corrected chi connectivity index (χ2v) is 6.79. The van der Waals surface area contributed by atoms with E-state index in [1.54, 1.807) is 12.1 Å². The average Bonchev–Trinajstić information content (AvgIpc) is 2.31. The number of nitrogens with zero attached hydrogens (tertiary/aromatic N) is 1. The van der Waals surface area contributed by atoms with Gasteiger partial charge in [-0.3, -0.25) is 0 Å². The van der Waals surface area contributed by atoms with Crippen LogP contribution in [0.4, 0.5) is 0 Å². The first-order valence-electron chi connectivity index (χ1n) is 5.48. The van der Waals surface area contributed by atoms with E-state index in [1.165, 1.54) is 6.42 Å². The van der Waals surface area contributed by atoms with E-state index in [0.29, 0.717) is 5.02 Å². The molecule has 2 nitrogen and oxygen atoms in total. The summed E-state index contributed by atoms with van der Waals surface area (Å²) in [4.78, 5) is 0.777. The van der Waals surface area contributed by atoms with Crippen LogP contribution in [0.2, 0.25) is 5.02 Å². The molecule has 16 heavy (non-hydrogen) atoms. The van der Waals surface area contributed by atoms with Gasteiger partial charge in [-0.2, -0.15) is 0 Å². The molecular weight excluding hydrogens is 242 g/mol. The Kier molecular flexibility index (Phi) is 3.57. The lowest BCUT2D eigenvalue weighted by Crippen LogP contribution is -2.35. The fourth-order valence-electron chi connectivity index (χ4n) is 1.96. The molecule has 0 aliphatic carbocycles. The van der Waals surface area contributed by atoms with Crippen LogP contribution in [0.5, 0.6) is 0 Å². The van der Waals surface area contributed by atoms with Crippen LogP contribution in [0.15, 0.2) is 29.2 Å². The highest BCUT2D eigenvalue weighted by molar-refractivity contribution is 7.98. The fourth-order valence-corrected chi connectivity index (χ4v) is 3.79. The first-order chi connectivity index (χ1) is 7.60. The molecule has 0 spiro atoms. The third-order valence-electron chi connectivity index (χ3n) is 2.91. The first-order valence-corrected chi connectivity index (χ1v) is 7.55. The summed E-state index contributed by atoms with van der Waals surface area (Å²) in [5.74, 6) is 3.90. The molecule has 0 bridgehead atoms. The largest absolute Gasteiger partial charge is 0.248 e. The molecule has 1 fully saturated rings. The van der Waals surface area contributed by atoms with Gasteiger partial charge in [0.2, 0.25) is 0 Å². The maximum Gasteiger partial charge on any atom is 0.0558 e. The van der Waals surface area contributed by atoms with Crippen LogP contribution in [-0.2, 0) is 9.71 Å². The van der Waals surface area contributed by atoms with Gasteiger partial charge >= 0.3 is 0 Å². The summed E-state index contributed by atoms with van der Waals surface area (Å²) in [6, 6.07) is 7.16. The summed E-state index contributed by atoms with van der Waals surface area (Å²) in [5.41, 5.74) is 0. The minimum absolute atomic E-state index is 0.664. The van der Waals surface area contributed by atoms with Crippen molar-refractivity contribution in [2.75, 3.05) is 13.1 Å². The van der Waals surface area contributed by atoms with Crippen molar-refractivity contribution in [1.82, 2.24) is 4.31 Å². The second-order valence-electron chi connectivity index (χ2n) is 4.08. The lowest BCUT2D eigenvalue weighted by molar-refractivity contribution is 0.364. The van der Waals surface area contributed by atoms with E-state index < -0.39 is 9.71 Å². The Morgan fingerprint density at radius 3 is 2.25 bits per heavy atom. The number of hydrogen-bond acceptors (Lipinski definition) is 1. The molecule has 1 aliphatic heterocycles. The molecule has 1 aromatic rings. The average molecular weight is 258 g/mol. The molecule has 1 atom stereocenters. The SMILES string of the molecule is C=S(=O)(c1ccc(Cl)cc1)N1CCCCC1. The second kappa shape index (κ2) is 4.78. The topological polar surface area (TPSA) is 20.3 Å². The monoisotopic (exact) mass is 257 g/mol. The molecule has 0 N–H and O–H groups in total.